The Labute approximate surface area is 120 Å². The highest BCUT2D eigenvalue weighted by atomic mass is 32.2. The first-order chi connectivity index (χ1) is 9.77. The predicted octanol–water partition coefficient (Wildman–Crippen LogP) is 1.19. The van der Waals surface area contributed by atoms with Gasteiger partial charge in [0.05, 0.1) is 11.5 Å². The van der Waals surface area contributed by atoms with Gasteiger partial charge < -0.3 is 9.47 Å². The van der Waals surface area contributed by atoms with Crippen LogP contribution < -0.4 is 9.88 Å². The lowest BCUT2D eigenvalue weighted by atomic mass is 10.3. The largest absolute Gasteiger partial charge is 0.487 e. The molecular weight excluding hydrogens is 307 g/mol. The van der Waals surface area contributed by atoms with E-state index in [4.69, 9.17) is 14.6 Å². The van der Waals surface area contributed by atoms with E-state index in [-0.39, 0.29) is 12.4 Å². The number of ether oxygens (including phenoxy) is 2. The summed E-state index contributed by atoms with van der Waals surface area (Å²) in [6, 6.07) is 1.18. The third-order valence-corrected chi connectivity index (χ3v) is 3.34. The summed E-state index contributed by atoms with van der Waals surface area (Å²) in [5, 5.41) is 15.7. The molecule has 1 rings (SSSR count). The molecule has 0 atom stereocenters. The molecule has 0 heterocycles. The molecule has 10 heteroatoms. The maximum Gasteiger partial charge on any atom is 0.312 e. The molecule has 0 fully saturated rings. The van der Waals surface area contributed by atoms with Gasteiger partial charge in [0.25, 0.3) is 0 Å². The van der Waals surface area contributed by atoms with Gasteiger partial charge in [0.15, 0.2) is 5.75 Å². The zero-order valence-corrected chi connectivity index (χ0v) is 12.1. The third-order valence-electron chi connectivity index (χ3n) is 2.41. The summed E-state index contributed by atoms with van der Waals surface area (Å²) in [6.07, 6.45) is 0.448. The Balaban J connectivity index is 2.99. The van der Waals surface area contributed by atoms with Gasteiger partial charge in [-0.3, -0.25) is 10.1 Å². The SMILES string of the molecule is CCOCCCOc1cc(F)c(S(N)(=O)=O)cc1[N+](=O)[O-]. The van der Waals surface area contributed by atoms with Gasteiger partial charge in [0.1, 0.15) is 10.7 Å². The summed E-state index contributed by atoms with van der Waals surface area (Å²) >= 11 is 0. The Morgan fingerprint density at radius 1 is 1.38 bits per heavy atom. The summed E-state index contributed by atoms with van der Waals surface area (Å²) < 4.78 is 46.0. The van der Waals surface area contributed by atoms with Crippen molar-refractivity contribution in [2.24, 2.45) is 5.14 Å². The highest BCUT2D eigenvalue weighted by Gasteiger charge is 2.24. The Hall–Kier alpha value is -1.78. The van der Waals surface area contributed by atoms with Crippen molar-refractivity contribution in [1.29, 1.82) is 0 Å². The van der Waals surface area contributed by atoms with E-state index in [0.717, 1.165) is 0 Å². The van der Waals surface area contributed by atoms with Gasteiger partial charge in [-0.05, 0) is 6.92 Å². The van der Waals surface area contributed by atoms with E-state index in [2.05, 4.69) is 0 Å². The monoisotopic (exact) mass is 322 g/mol. The van der Waals surface area contributed by atoms with Gasteiger partial charge in [-0.25, -0.2) is 17.9 Å². The van der Waals surface area contributed by atoms with Crippen LogP contribution in [-0.2, 0) is 14.8 Å². The number of sulfonamides is 1. The number of hydrogen-bond acceptors (Lipinski definition) is 6. The van der Waals surface area contributed by atoms with Crippen molar-refractivity contribution in [3.05, 3.63) is 28.1 Å². The molecule has 8 nitrogen and oxygen atoms in total. The van der Waals surface area contributed by atoms with Crippen LogP contribution in [0.2, 0.25) is 0 Å². The van der Waals surface area contributed by atoms with Gasteiger partial charge in [-0.15, -0.1) is 0 Å². The molecule has 0 spiro atoms. The fourth-order valence-electron chi connectivity index (χ4n) is 1.49. The van der Waals surface area contributed by atoms with Crippen LogP contribution in [0.25, 0.3) is 0 Å². The topological polar surface area (TPSA) is 122 Å². The van der Waals surface area contributed by atoms with Crippen molar-refractivity contribution in [3.63, 3.8) is 0 Å². The van der Waals surface area contributed by atoms with Gasteiger partial charge in [-0.2, -0.15) is 0 Å². The van der Waals surface area contributed by atoms with Gasteiger partial charge >= 0.3 is 5.69 Å². The molecule has 0 saturated heterocycles. The molecule has 0 aromatic heterocycles. The van der Waals surface area contributed by atoms with E-state index in [1.165, 1.54) is 0 Å². The molecule has 0 unspecified atom stereocenters. The Kier molecular flexibility index (Phi) is 6.00. The molecule has 0 amide bonds. The Morgan fingerprint density at radius 2 is 2.05 bits per heavy atom. The lowest BCUT2D eigenvalue weighted by Crippen LogP contribution is -2.15. The first-order valence-electron chi connectivity index (χ1n) is 5.98. The van der Waals surface area contributed by atoms with Crippen LogP contribution in [0.1, 0.15) is 13.3 Å². The number of nitro benzene ring substituents is 1. The first-order valence-corrected chi connectivity index (χ1v) is 7.53. The van der Waals surface area contributed by atoms with E-state index in [0.29, 0.717) is 31.8 Å². The summed E-state index contributed by atoms with van der Waals surface area (Å²) in [5.41, 5.74) is -0.670. The van der Waals surface area contributed by atoms with Crippen molar-refractivity contribution in [1.82, 2.24) is 0 Å². The molecule has 1 aromatic rings. The molecule has 2 N–H and O–H groups in total. The van der Waals surface area contributed by atoms with Crippen LogP contribution in [0.15, 0.2) is 17.0 Å². The highest BCUT2D eigenvalue weighted by molar-refractivity contribution is 7.89. The lowest BCUT2D eigenvalue weighted by molar-refractivity contribution is -0.386. The van der Waals surface area contributed by atoms with Crippen molar-refractivity contribution in [2.45, 2.75) is 18.2 Å². The molecule has 0 saturated carbocycles. The Bertz CT molecular complexity index is 619. The molecule has 0 bridgehead atoms. The molecular formula is C11H15FN2O6S. The number of primary sulfonamides is 1. The van der Waals surface area contributed by atoms with Crippen molar-refractivity contribution < 1.29 is 27.2 Å². The van der Waals surface area contributed by atoms with Crippen LogP contribution in [0, 0.1) is 15.9 Å². The molecule has 0 radical (unpaired) electrons. The molecule has 0 aliphatic rings. The van der Waals surface area contributed by atoms with Crippen LogP contribution in [-0.4, -0.2) is 33.2 Å². The lowest BCUT2D eigenvalue weighted by Gasteiger charge is -2.08. The second-order valence-corrected chi connectivity index (χ2v) is 5.48. The zero-order chi connectivity index (χ0) is 16.0. The minimum absolute atomic E-state index is 0.0645. The fraction of sp³-hybridized carbons (Fsp3) is 0.455. The molecule has 0 aliphatic heterocycles. The Morgan fingerprint density at radius 3 is 2.57 bits per heavy atom. The van der Waals surface area contributed by atoms with Crippen LogP contribution in [0.3, 0.4) is 0 Å². The second-order valence-electron chi connectivity index (χ2n) is 3.95. The number of halogens is 1. The number of nitrogens with two attached hydrogens (primary N) is 1. The van der Waals surface area contributed by atoms with Gasteiger partial charge in [-0.1, -0.05) is 0 Å². The summed E-state index contributed by atoms with van der Waals surface area (Å²) in [5.74, 6) is -1.57. The molecule has 1 aromatic carbocycles. The van der Waals surface area contributed by atoms with E-state index < -0.39 is 31.3 Å². The predicted molar refractivity (Wildman–Crippen MR) is 71.0 cm³/mol. The average Bonchev–Trinajstić information content (AvgIpc) is 2.36. The van der Waals surface area contributed by atoms with Crippen molar-refractivity contribution in [2.75, 3.05) is 19.8 Å². The highest BCUT2D eigenvalue weighted by Crippen LogP contribution is 2.31. The second kappa shape index (κ2) is 7.29. The quantitative estimate of drug-likeness (QED) is 0.436. The normalized spacial score (nSPS) is 11.4. The fourth-order valence-corrected chi connectivity index (χ4v) is 2.09. The van der Waals surface area contributed by atoms with Gasteiger partial charge in [0, 0.05) is 31.8 Å². The number of nitro groups is 1. The van der Waals surface area contributed by atoms with Crippen LogP contribution >= 0.6 is 0 Å². The number of benzene rings is 1. The maximum atomic E-state index is 13.6. The van der Waals surface area contributed by atoms with E-state index in [1.807, 2.05) is 6.92 Å². The molecule has 0 aliphatic carbocycles. The smallest absolute Gasteiger partial charge is 0.312 e. The number of hydrogen-bond donors (Lipinski definition) is 1. The summed E-state index contributed by atoms with van der Waals surface area (Å²) in [6.45, 7) is 2.79. The molecule has 118 valence electrons. The molecule has 21 heavy (non-hydrogen) atoms. The van der Waals surface area contributed by atoms with Crippen molar-refractivity contribution >= 4 is 15.7 Å². The number of rotatable bonds is 8. The van der Waals surface area contributed by atoms with Crippen molar-refractivity contribution in [3.8, 4) is 5.75 Å². The summed E-state index contributed by atoms with van der Waals surface area (Å²) in [7, 11) is -4.39. The zero-order valence-electron chi connectivity index (χ0n) is 11.2. The van der Waals surface area contributed by atoms with E-state index in [1.54, 1.807) is 0 Å². The minimum Gasteiger partial charge on any atom is -0.487 e. The van der Waals surface area contributed by atoms with E-state index >= 15 is 0 Å². The minimum atomic E-state index is -4.39. The van der Waals surface area contributed by atoms with Gasteiger partial charge in [0.2, 0.25) is 10.0 Å². The standard InChI is InChI=1S/C11H15FN2O6S/c1-2-19-4-3-5-20-10-6-8(12)11(21(13,17)18)7-9(10)14(15)16/h6-7H,2-5H2,1H3,(H2,13,17,18). The van der Waals surface area contributed by atoms with E-state index in [9.17, 15) is 22.9 Å². The number of nitrogens with zero attached hydrogens (tertiary/aromatic N) is 1. The maximum absolute atomic E-state index is 13.6. The van der Waals surface area contributed by atoms with Crippen LogP contribution in [0.5, 0.6) is 5.75 Å². The summed E-state index contributed by atoms with van der Waals surface area (Å²) in [4.78, 5) is 9.07. The first kappa shape index (κ1) is 17.3. The van der Waals surface area contributed by atoms with Crippen LogP contribution in [0.4, 0.5) is 10.1 Å². The third kappa shape index (κ3) is 4.92. The average molecular weight is 322 g/mol.